The molecule has 1 atom stereocenters. The van der Waals surface area contributed by atoms with Crippen LogP contribution in [0.2, 0.25) is 0 Å². The van der Waals surface area contributed by atoms with Crippen molar-refractivity contribution in [3.63, 3.8) is 0 Å². The third-order valence-electron chi connectivity index (χ3n) is 4.87. The highest BCUT2D eigenvalue weighted by atomic mass is 79.9. The first-order chi connectivity index (χ1) is 14.7. The van der Waals surface area contributed by atoms with E-state index in [1.807, 2.05) is 32.0 Å². The van der Waals surface area contributed by atoms with Gasteiger partial charge in [-0.3, -0.25) is 9.59 Å². The van der Waals surface area contributed by atoms with Gasteiger partial charge in [0.05, 0.1) is 4.47 Å². The Bertz CT molecular complexity index is 887. The summed E-state index contributed by atoms with van der Waals surface area (Å²) in [5.74, 6) is -0.0675. The molecule has 168 valence electrons. The number of rotatable bonds is 10. The van der Waals surface area contributed by atoms with Crippen LogP contribution in [0.15, 0.2) is 46.9 Å². The van der Waals surface area contributed by atoms with Crippen molar-refractivity contribution in [2.75, 3.05) is 13.2 Å². The molecule has 31 heavy (non-hydrogen) atoms. The van der Waals surface area contributed by atoms with E-state index >= 15 is 0 Å². The number of hydrogen-bond donors (Lipinski definition) is 1. The minimum absolute atomic E-state index is 0.175. The van der Waals surface area contributed by atoms with Gasteiger partial charge in [0.1, 0.15) is 17.6 Å². The Morgan fingerprint density at radius 3 is 2.32 bits per heavy atom. The van der Waals surface area contributed by atoms with Crippen LogP contribution in [0.1, 0.15) is 38.8 Å². The third kappa shape index (κ3) is 7.65. The van der Waals surface area contributed by atoms with Crippen molar-refractivity contribution in [3.8, 4) is 5.75 Å². The largest absolute Gasteiger partial charge is 0.483 e. The smallest absolute Gasteiger partial charge is 0.261 e. The summed E-state index contributed by atoms with van der Waals surface area (Å²) in [4.78, 5) is 27.1. The van der Waals surface area contributed by atoms with Crippen LogP contribution in [0.3, 0.4) is 0 Å². The molecule has 0 spiro atoms. The van der Waals surface area contributed by atoms with Gasteiger partial charge in [-0.2, -0.15) is 0 Å². The maximum Gasteiger partial charge on any atom is 0.261 e. The van der Waals surface area contributed by atoms with Crippen molar-refractivity contribution in [3.05, 3.63) is 63.9 Å². The van der Waals surface area contributed by atoms with Crippen molar-refractivity contribution >= 4 is 27.7 Å². The van der Waals surface area contributed by atoms with E-state index in [2.05, 4.69) is 28.2 Å². The summed E-state index contributed by atoms with van der Waals surface area (Å²) in [5, 5.41) is 2.87. The van der Waals surface area contributed by atoms with Gasteiger partial charge < -0.3 is 15.0 Å². The zero-order chi connectivity index (χ0) is 23.0. The van der Waals surface area contributed by atoms with Crippen molar-refractivity contribution in [1.82, 2.24) is 10.2 Å². The summed E-state index contributed by atoms with van der Waals surface area (Å²) in [7, 11) is 0. The molecule has 0 heterocycles. The van der Waals surface area contributed by atoms with Gasteiger partial charge >= 0.3 is 0 Å². The van der Waals surface area contributed by atoms with Gasteiger partial charge in [-0.25, -0.2) is 4.39 Å². The standard InChI is InChI=1S/C24H30BrFN2O3/c1-5-18-8-11-22(21(25)12-18)31-15-23(29)28(14-19-6-9-20(26)10-7-19)17(4)24(30)27-13-16(2)3/h6-12,16-17H,5,13-15H2,1-4H3,(H,27,30). The van der Waals surface area contributed by atoms with Crippen molar-refractivity contribution < 1.29 is 18.7 Å². The fraction of sp³-hybridized carbons (Fsp3) is 0.417. The number of amides is 2. The summed E-state index contributed by atoms with van der Waals surface area (Å²) in [6.07, 6.45) is 0.895. The maximum atomic E-state index is 13.3. The second-order valence-electron chi connectivity index (χ2n) is 7.87. The zero-order valence-electron chi connectivity index (χ0n) is 18.5. The second kappa shape index (κ2) is 11.8. The van der Waals surface area contributed by atoms with Gasteiger partial charge in [-0.05, 0) is 70.6 Å². The lowest BCUT2D eigenvalue weighted by Crippen LogP contribution is -2.49. The minimum atomic E-state index is -0.703. The first-order valence-electron chi connectivity index (χ1n) is 10.4. The Balaban J connectivity index is 2.14. The molecule has 0 aliphatic rings. The van der Waals surface area contributed by atoms with Gasteiger partial charge in [0.2, 0.25) is 5.91 Å². The summed E-state index contributed by atoms with van der Waals surface area (Å²) in [5.41, 5.74) is 1.88. The molecule has 0 aromatic heterocycles. The number of halogens is 2. The lowest BCUT2D eigenvalue weighted by molar-refractivity contribution is -0.142. The highest BCUT2D eigenvalue weighted by Gasteiger charge is 2.26. The molecule has 2 aromatic rings. The molecule has 2 amide bonds. The minimum Gasteiger partial charge on any atom is -0.483 e. The number of ether oxygens (including phenoxy) is 1. The van der Waals surface area contributed by atoms with E-state index in [1.54, 1.807) is 19.1 Å². The molecule has 0 saturated heterocycles. The van der Waals surface area contributed by atoms with Crippen LogP contribution in [0.4, 0.5) is 4.39 Å². The average Bonchev–Trinajstić information content (AvgIpc) is 2.75. The number of aryl methyl sites for hydroxylation is 1. The van der Waals surface area contributed by atoms with E-state index in [1.165, 1.54) is 17.0 Å². The SMILES string of the molecule is CCc1ccc(OCC(=O)N(Cc2ccc(F)cc2)C(C)C(=O)NCC(C)C)c(Br)c1. The topological polar surface area (TPSA) is 58.6 Å². The lowest BCUT2D eigenvalue weighted by Gasteiger charge is -2.29. The van der Waals surface area contributed by atoms with Crippen molar-refractivity contribution in [2.24, 2.45) is 5.92 Å². The summed E-state index contributed by atoms with van der Waals surface area (Å²) < 4.78 is 19.8. The van der Waals surface area contributed by atoms with Gasteiger partial charge in [0.25, 0.3) is 5.91 Å². The van der Waals surface area contributed by atoms with E-state index in [9.17, 15) is 14.0 Å². The molecular formula is C24H30BrFN2O3. The molecule has 1 unspecified atom stereocenters. The van der Waals surface area contributed by atoms with Crippen LogP contribution in [0.25, 0.3) is 0 Å². The fourth-order valence-electron chi connectivity index (χ4n) is 2.93. The van der Waals surface area contributed by atoms with Crippen LogP contribution in [-0.4, -0.2) is 35.9 Å². The van der Waals surface area contributed by atoms with Crippen LogP contribution in [0.5, 0.6) is 5.75 Å². The number of nitrogens with zero attached hydrogens (tertiary/aromatic N) is 1. The Labute approximate surface area is 192 Å². The van der Waals surface area contributed by atoms with Gasteiger partial charge in [-0.1, -0.05) is 39.0 Å². The quantitative estimate of drug-likeness (QED) is 0.521. The van der Waals surface area contributed by atoms with E-state index in [0.29, 0.717) is 18.2 Å². The number of hydrogen-bond acceptors (Lipinski definition) is 3. The predicted octanol–water partition coefficient (Wildman–Crippen LogP) is 4.72. The normalized spacial score (nSPS) is 11.8. The Kier molecular flexibility index (Phi) is 9.49. The van der Waals surface area contributed by atoms with Crippen molar-refractivity contribution in [2.45, 2.75) is 46.7 Å². The molecule has 0 aliphatic carbocycles. The highest BCUT2D eigenvalue weighted by molar-refractivity contribution is 9.10. The number of carbonyl (C=O) groups is 2. The first-order valence-corrected chi connectivity index (χ1v) is 11.2. The third-order valence-corrected chi connectivity index (χ3v) is 5.49. The average molecular weight is 493 g/mol. The molecule has 0 radical (unpaired) electrons. The molecule has 1 N–H and O–H groups in total. The molecule has 7 heteroatoms. The molecular weight excluding hydrogens is 463 g/mol. The molecule has 2 rings (SSSR count). The van der Waals surface area contributed by atoms with E-state index < -0.39 is 6.04 Å². The molecule has 2 aromatic carbocycles. The number of benzene rings is 2. The van der Waals surface area contributed by atoms with Gasteiger partial charge in [0, 0.05) is 13.1 Å². The van der Waals surface area contributed by atoms with Crippen molar-refractivity contribution in [1.29, 1.82) is 0 Å². The molecule has 5 nitrogen and oxygen atoms in total. The maximum absolute atomic E-state index is 13.3. The molecule has 0 saturated carbocycles. The van der Waals surface area contributed by atoms with Gasteiger partial charge in [0.15, 0.2) is 6.61 Å². The second-order valence-corrected chi connectivity index (χ2v) is 8.72. The zero-order valence-corrected chi connectivity index (χ0v) is 20.0. The Hall–Kier alpha value is -2.41. The molecule has 0 fully saturated rings. The molecule has 0 aliphatic heterocycles. The van der Waals surface area contributed by atoms with E-state index in [0.717, 1.165) is 22.0 Å². The summed E-state index contributed by atoms with van der Waals surface area (Å²) in [6.45, 7) is 8.23. The fourth-order valence-corrected chi connectivity index (χ4v) is 3.47. The number of carbonyl (C=O) groups excluding carboxylic acids is 2. The Morgan fingerprint density at radius 1 is 1.10 bits per heavy atom. The van der Waals surface area contributed by atoms with Crippen LogP contribution >= 0.6 is 15.9 Å². The monoisotopic (exact) mass is 492 g/mol. The predicted molar refractivity (Wildman–Crippen MR) is 123 cm³/mol. The molecule has 0 bridgehead atoms. The van der Waals surface area contributed by atoms with E-state index in [4.69, 9.17) is 4.74 Å². The van der Waals surface area contributed by atoms with Crippen LogP contribution < -0.4 is 10.1 Å². The lowest BCUT2D eigenvalue weighted by atomic mass is 10.1. The summed E-state index contributed by atoms with van der Waals surface area (Å²) in [6, 6.07) is 10.9. The highest BCUT2D eigenvalue weighted by Crippen LogP contribution is 2.26. The van der Waals surface area contributed by atoms with Crippen LogP contribution in [0, 0.1) is 11.7 Å². The number of nitrogens with one attached hydrogen (secondary N) is 1. The first kappa shape index (κ1) is 24.9. The van der Waals surface area contributed by atoms with E-state index in [-0.39, 0.29) is 30.8 Å². The van der Waals surface area contributed by atoms with Crippen LogP contribution in [-0.2, 0) is 22.6 Å². The summed E-state index contributed by atoms with van der Waals surface area (Å²) >= 11 is 3.47. The Morgan fingerprint density at radius 2 is 1.74 bits per heavy atom. The van der Waals surface area contributed by atoms with Gasteiger partial charge in [-0.15, -0.1) is 0 Å².